The van der Waals surface area contributed by atoms with Crippen LogP contribution in [-0.2, 0) is 0 Å². The van der Waals surface area contributed by atoms with Crippen LogP contribution in [0.15, 0.2) is 41.3 Å². The molecule has 150 valence electrons. The van der Waals surface area contributed by atoms with Gasteiger partial charge in [-0.15, -0.1) is 11.3 Å². The zero-order chi connectivity index (χ0) is 20.4. The normalized spacial score (nSPS) is 14.7. The van der Waals surface area contributed by atoms with Crippen LogP contribution in [0, 0.1) is 6.92 Å². The molecular formula is C20H21N5O3S. The first-order valence-corrected chi connectivity index (χ1v) is 10.1. The first kappa shape index (κ1) is 19.0. The van der Waals surface area contributed by atoms with E-state index in [1.54, 1.807) is 28.3 Å². The van der Waals surface area contributed by atoms with Crippen LogP contribution in [0.5, 0.6) is 0 Å². The molecular weight excluding hydrogens is 390 g/mol. The van der Waals surface area contributed by atoms with Crippen molar-refractivity contribution in [2.24, 2.45) is 0 Å². The van der Waals surface area contributed by atoms with Crippen molar-refractivity contribution in [2.75, 3.05) is 31.1 Å². The number of nitrogens with zero attached hydrogens (tertiary/aromatic N) is 4. The number of hydrogen-bond donors (Lipinski definition) is 2. The second-order valence-electron chi connectivity index (χ2n) is 6.76. The SMILES string of the molecule is Cc1sc(N2CCN(C(=O)O)CC2)nc1/C=C/c1cn(-c2ccccc2)[nH]c1=O. The number of piperazine rings is 1. The van der Waals surface area contributed by atoms with Crippen LogP contribution in [0.3, 0.4) is 0 Å². The number of H-pyrrole nitrogens is 1. The minimum absolute atomic E-state index is 0.164. The number of benzene rings is 1. The largest absolute Gasteiger partial charge is 0.465 e. The molecule has 3 aromatic rings. The maximum atomic E-state index is 12.3. The number of aryl methyl sites for hydroxylation is 1. The smallest absolute Gasteiger partial charge is 0.407 e. The number of nitrogens with one attached hydrogen (secondary N) is 1. The molecule has 0 aliphatic carbocycles. The summed E-state index contributed by atoms with van der Waals surface area (Å²) in [5.41, 5.74) is 2.09. The summed E-state index contributed by atoms with van der Waals surface area (Å²) in [5.74, 6) is 0. The molecule has 0 unspecified atom stereocenters. The van der Waals surface area contributed by atoms with Gasteiger partial charge in [0, 0.05) is 37.3 Å². The predicted molar refractivity (Wildman–Crippen MR) is 114 cm³/mol. The van der Waals surface area contributed by atoms with Crippen molar-refractivity contribution in [1.29, 1.82) is 0 Å². The zero-order valence-corrected chi connectivity index (χ0v) is 16.7. The van der Waals surface area contributed by atoms with Crippen molar-refractivity contribution < 1.29 is 9.90 Å². The summed E-state index contributed by atoms with van der Waals surface area (Å²) in [6.07, 6.45) is 4.51. The molecule has 1 aromatic carbocycles. The Morgan fingerprint density at radius 3 is 2.59 bits per heavy atom. The number of aromatic nitrogens is 3. The number of aromatic amines is 1. The second-order valence-corrected chi connectivity index (χ2v) is 7.94. The highest BCUT2D eigenvalue weighted by atomic mass is 32.1. The maximum absolute atomic E-state index is 12.3. The average Bonchev–Trinajstić information content (AvgIpc) is 3.29. The van der Waals surface area contributed by atoms with E-state index in [9.17, 15) is 9.59 Å². The van der Waals surface area contributed by atoms with Crippen molar-refractivity contribution in [1.82, 2.24) is 19.7 Å². The van der Waals surface area contributed by atoms with Crippen LogP contribution < -0.4 is 10.5 Å². The van der Waals surface area contributed by atoms with E-state index in [2.05, 4.69) is 15.0 Å². The van der Waals surface area contributed by atoms with Crippen LogP contribution in [-0.4, -0.2) is 57.0 Å². The molecule has 0 radical (unpaired) electrons. The van der Waals surface area contributed by atoms with Gasteiger partial charge < -0.3 is 14.9 Å². The Labute approximate surface area is 171 Å². The van der Waals surface area contributed by atoms with Gasteiger partial charge in [-0.3, -0.25) is 14.6 Å². The van der Waals surface area contributed by atoms with Gasteiger partial charge in [-0.2, -0.15) is 0 Å². The number of anilines is 1. The van der Waals surface area contributed by atoms with Gasteiger partial charge in [0.15, 0.2) is 5.13 Å². The number of para-hydroxylation sites is 1. The van der Waals surface area contributed by atoms with Crippen molar-refractivity contribution in [3.63, 3.8) is 0 Å². The number of rotatable bonds is 4. The molecule has 2 aromatic heterocycles. The molecule has 9 heteroatoms. The summed E-state index contributed by atoms with van der Waals surface area (Å²) in [7, 11) is 0. The molecule has 0 bridgehead atoms. The third kappa shape index (κ3) is 4.09. The van der Waals surface area contributed by atoms with Crippen molar-refractivity contribution in [3.8, 4) is 5.69 Å². The fourth-order valence-corrected chi connectivity index (χ4v) is 4.14. The van der Waals surface area contributed by atoms with E-state index in [0.29, 0.717) is 31.7 Å². The Bertz CT molecular complexity index is 1090. The Hall–Kier alpha value is -3.33. The Kier molecular flexibility index (Phi) is 5.22. The number of thiazole rings is 1. The van der Waals surface area contributed by atoms with Gasteiger partial charge in [-0.25, -0.2) is 9.78 Å². The van der Waals surface area contributed by atoms with Gasteiger partial charge in [0.25, 0.3) is 5.56 Å². The van der Waals surface area contributed by atoms with Gasteiger partial charge in [-0.05, 0) is 31.2 Å². The first-order chi connectivity index (χ1) is 14.0. The molecule has 0 saturated carbocycles. The van der Waals surface area contributed by atoms with Gasteiger partial charge >= 0.3 is 6.09 Å². The van der Waals surface area contributed by atoms with E-state index in [0.717, 1.165) is 21.4 Å². The highest BCUT2D eigenvalue weighted by Crippen LogP contribution is 2.27. The molecule has 0 spiro atoms. The number of hydrogen-bond acceptors (Lipinski definition) is 5. The van der Waals surface area contributed by atoms with Crippen LogP contribution in [0.2, 0.25) is 0 Å². The van der Waals surface area contributed by atoms with Crippen molar-refractivity contribution in [3.05, 3.63) is 63.0 Å². The fourth-order valence-electron chi connectivity index (χ4n) is 3.19. The van der Waals surface area contributed by atoms with E-state index in [1.807, 2.05) is 43.3 Å². The Morgan fingerprint density at radius 2 is 1.90 bits per heavy atom. The maximum Gasteiger partial charge on any atom is 0.407 e. The van der Waals surface area contributed by atoms with Crippen LogP contribution in [0.1, 0.15) is 16.1 Å². The molecule has 29 heavy (non-hydrogen) atoms. The third-order valence-electron chi connectivity index (χ3n) is 4.85. The standard InChI is InChI=1S/C20H21N5O3S/c1-14-17(21-19(29-14)23-9-11-24(12-10-23)20(27)28)8-7-15-13-25(22-18(15)26)16-5-3-2-4-6-16/h2-8,13H,9-12H2,1H3,(H,22,26)(H,27,28)/b8-7+. The topological polar surface area (TPSA) is 94.5 Å². The number of amides is 1. The second kappa shape index (κ2) is 7.96. The van der Waals surface area contributed by atoms with E-state index in [4.69, 9.17) is 5.11 Å². The zero-order valence-electron chi connectivity index (χ0n) is 15.9. The lowest BCUT2D eigenvalue weighted by Crippen LogP contribution is -2.48. The lowest BCUT2D eigenvalue weighted by atomic mass is 10.2. The molecule has 3 heterocycles. The van der Waals surface area contributed by atoms with E-state index in [1.165, 1.54) is 4.90 Å². The highest BCUT2D eigenvalue weighted by molar-refractivity contribution is 7.15. The molecule has 1 aliphatic rings. The van der Waals surface area contributed by atoms with Crippen molar-refractivity contribution in [2.45, 2.75) is 6.92 Å². The van der Waals surface area contributed by atoms with Gasteiger partial charge in [0.05, 0.1) is 16.9 Å². The molecule has 1 saturated heterocycles. The lowest BCUT2D eigenvalue weighted by molar-refractivity contribution is 0.142. The average molecular weight is 411 g/mol. The van der Waals surface area contributed by atoms with E-state index in [-0.39, 0.29) is 5.56 Å². The molecule has 1 amide bonds. The Morgan fingerprint density at radius 1 is 1.17 bits per heavy atom. The minimum Gasteiger partial charge on any atom is -0.465 e. The summed E-state index contributed by atoms with van der Waals surface area (Å²) in [6, 6.07) is 9.60. The van der Waals surface area contributed by atoms with Crippen LogP contribution >= 0.6 is 11.3 Å². The predicted octanol–water partition coefficient (Wildman–Crippen LogP) is 2.90. The monoisotopic (exact) mass is 411 g/mol. The van der Waals surface area contributed by atoms with E-state index < -0.39 is 6.09 Å². The summed E-state index contributed by atoms with van der Waals surface area (Å²) >= 11 is 1.58. The van der Waals surface area contributed by atoms with Gasteiger partial charge in [-0.1, -0.05) is 18.2 Å². The van der Waals surface area contributed by atoms with Crippen molar-refractivity contribution >= 4 is 34.7 Å². The highest BCUT2D eigenvalue weighted by Gasteiger charge is 2.22. The number of carbonyl (C=O) groups is 1. The van der Waals surface area contributed by atoms with Gasteiger partial charge in [0.1, 0.15) is 0 Å². The fraction of sp³-hybridized carbons (Fsp3) is 0.250. The van der Waals surface area contributed by atoms with Crippen LogP contribution in [0.25, 0.3) is 17.8 Å². The quantitative estimate of drug-likeness (QED) is 0.688. The third-order valence-corrected chi connectivity index (χ3v) is 5.90. The summed E-state index contributed by atoms with van der Waals surface area (Å²) in [6.45, 7) is 4.20. The molecule has 2 N–H and O–H groups in total. The molecule has 1 fully saturated rings. The van der Waals surface area contributed by atoms with Crippen LogP contribution in [0.4, 0.5) is 9.93 Å². The summed E-state index contributed by atoms with van der Waals surface area (Å²) < 4.78 is 1.70. The summed E-state index contributed by atoms with van der Waals surface area (Å²) in [5, 5.41) is 12.8. The molecule has 1 aliphatic heterocycles. The first-order valence-electron chi connectivity index (χ1n) is 9.26. The van der Waals surface area contributed by atoms with Gasteiger partial charge in [0.2, 0.25) is 0 Å². The minimum atomic E-state index is -0.878. The lowest BCUT2D eigenvalue weighted by Gasteiger charge is -2.32. The molecule has 4 rings (SSSR count). The molecule has 8 nitrogen and oxygen atoms in total. The summed E-state index contributed by atoms with van der Waals surface area (Å²) in [4.78, 5) is 32.6. The Balaban J connectivity index is 1.49. The van der Waals surface area contributed by atoms with E-state index >= 15 is 0 Å². The number of carboxylic acid groups (broad SMARTS) is 1. The molecule has 0 atom stereocenters.